The number of nitrogens with one attached hydrogen (secondary N) is 2. The van der Waals surface area contributed by atoms with Gasteiger partial charge in [0.2, 0.25) is 5.91 Å². The van der Waals surface area contributed by atoms with Crippen LogP contribution in [0.25, 0.3) is 0 Å². The molecular weight excluding hydrogens is 304 g/mol. The van der Waals surface area contributed by atoms with E-state index in [-0.39, 0.29) is 11.8 Å². The second kappa shape index (κ2) is 8.20. The SMILES string of the molecule is C[C@H]1C[C@@H](C(=O)Nc2cccc(CSC3CCCC3)c2)CCN1. The van der Waals surface area contributed by atoms with E-state index in [2.05, 4.69) is 47.5 Å². The molecule has 1 aliphatic heterocycles. The molecule has 23 heavy (non-hydrogen) atoms. The fourth-order valence-corrected chi connectivity index (χ4v) is 4.90. The molecule has 1 aliphatic carbocycles. The van der Waals surface area contributed by atoms with Gasteiger partial charge in [-0.15, -0.1) is 0 Å². The van der Waals surface area contributed by atoms with Crippen molar-refractivity contribution in [2.24, 2.45) is 5.92 Å². The molecule has 1 saturated heterocycles. The maximum Gasteiger partial charge on any atom is 0.227 e. The van der Waals surface area contributed by atoms with E-state index < -0.39 is 0 Å². The van der Waals surface area contributed by atoms with Gasteiger partial charge in [-0.1, -0.05) is 25.0 Å². The average Bonchev–Trinajstić information content (AvgIpc) is 3.07. The van der Waals surface area contributed by atoms with Crippen molar-refractivity contribution >= 4 is 23.4 Å². The highest BCUT2D eigenvalue weighted by molar-refractivity contribution is 7.99. The highest BCUT2D eigenvalue weighted by atomic mass is 32.2. The number of amides is 1. The first kappa shape index (κ1) is 16.8. The Hall–Kier alpha value is -1.00. The molecule has 3 nitrogen and oxygen atoms in total. The molecule has 3 rings (SSSR count). The van der Waals surface area contributed by atoms with Crippen LogP contribution in [0.1, 0.15) is 51.0 Å². The van der Waals surface area contributed by atoms with Gasteiger partial charge in [0.25, 0.3) is 0 Å². The van der Waals surface area contributed by atoms with Gasteiger partial charge in [-0.3, -0.25) is 4.79 Å². The van der Waals surface area contributed by atoms with Crippen LogP contribution >= 0.6 is 11.8 Å². The van der Waals surface area contributed by atoms with Gasteiger partial charge in [-0.2, -0.15) is 11.8 Å². The number of thioether (sulfide) groups is 1. The summed E-state index contributed by atoms with van der Waals surface area (Å²) in [5.41, 5.74) is 2.27. The van der Waals surface area contributed by atoms with Gasteiger partial charge in [0.05, 0.1) is 0 Å². The lowest BCUT2D eigenvalue weighted by atomic mass is 9.92. The van der Waals surface area contributed by atoms with Gasteiger partial charge in [-0.25, -0.2) is 0 Å². The van der Waals surface area contributed by atoms with Crippen LogP contribution in [0.2, 0.25) is 0 Å². The predicted molar refractivity (Wildman–Crippen MR) is 98.8 cm³/mol. The fourth-order valence-electron chi connectivity index (χ4n) is 3.62. The maximum atomic E-state index is 12.4. The summed E-state index contributed by atoms with van der Waals surface area (Å²) in [5, 5.41) is 7.36. The molecule has 0 aromatic heterocycles. The van der Waals surface area contributed by atoms with Crippen molar-refractivity contribution in [2.45, 2.75) is 62.5 Å². The molecule has 1 saturated carbocycles. The van der Waals surface area contributed by atoms with Gasteiger partial charge in [-0.05, 0) is 56.8 Å². The Bertz CT molecular complexity index is 528. The van der Waals surface area contributed by atoms with Gasteiger partial charge in [0.1, 0.15) is 0 Å². The number of piperidine rings is 1. The summed E-state index contributed by atoms with van der Waals surface area (Å²) in [6.45, 7) is 3.09. The van der Waals surface area contributed by atoms with Crippen LogP contribution in [0.4, 0.5) is 5.69 Å². The van der Waals surface area contributed by atoms with Crippen LogP contribution in [-0.4, -0.2) is 23.7 Å². The first-order valence-electron chi connectivity index (χ1n) is 8.95. The molecule has 0 unspecified atom stereocenters. The summed E-state index contributed by atoms with van der Waals surface area (Å²) in [6.07, 6.45) is 7.39. The molecule has 1 heterocycles. The largest absolute Gasteiger partial charge is 0.326 e. The second-order valence-electron chi connectivity index (χ2n) is 6.98. The monoisotopic (exact) mass is 332 g/mol. The Balaban J connectivity index is 1.53. The Labute approximate surface area is 144 Å². The zero-order chi connectivity index (χ0) is 16.1. The summed E-state index contributed by atoms with van der Waals surface area (Å²) in [5.74, 6) is 1.38. The molecule has 1 aromatic carbocycles. The van der Waals surface area contributed by atoms with Gasteiger partial charge < -0.3 is 10.6 Å². The highest BCUT2D eigenvalue weighted by Crippen LogP contribution is 2.32. The number of rotatable bonds is 5. The van der Waals surface area contributed by atoms with Crippen LogP contribution in [0.15, 0.2) is 24.3 Å². The Morgan fingerprint density at radius 2 is 2.13 bits per heavy atom. The Morgan fingerprint density at radius 3 is 2.91 bits per heavy atom. The molecule has 2 fully saturated rings. The van der Waals surface area contributed by atoms with Gasteiger partial charge in [0.15, 0.2) is 0 Å². The molecule has 1 amide bonds. The molecule has 0 spiro atoms. The minimum Gasteiger partial charge on any atom is -0.326 e. The molecule has 4 heteroatoms. The number of carbonyl (C=O) groups is 1. The van der Waals surface area contributed by atoms with Crippen molar-refractivity contribution < 1.29 is 4.79 Å². The van der Waals surface area contributed by atoms with Crippen molar-refractivity contribution in [2.75, 3.05) is 11.9 Å². The number of hydrogen-bond donors (Lipinski definition) is 2. The first-order chi connectivity index (χ1) is 11.2. The second-order valence-corrected chi connectivity index (χ2v) is 8.27. The summed E-state index contributed by atoms with van der Waals surface area (Å²) in [4.78, 5) is 12.4. The van der Waals surface area contributed by atoms with Crippen molar-refractivity contribution in [1.29, 1.82) is 0 Å². The lowest BCUT2D eigenvalue weighted by Gasteiger charge is -2.27. The lowest BCUT2D eigenvalue weighted by Crippen LogP contribution is -2.40. The minimum atomic E-state index is 0.141. The highest BCUT2D eigenvalue weighted by Gasteiger charge is 2.24. The van der Waals surface area contributed by atoms with Crippen molar-refractivity contribution in [1.82, 2.24) is 5.32 Å². The number of hydrogen-bond acceptors (Lipinski definition) is 3. The van der Waals surface area contributed by atoms with Crippen LogP contribution in [0.5, 0.6) is 0 Å². The van der Waals surface area contributed by atoms with Crippen LogP contribution in [-0.2, 0) is 10.5 Å². The lowest BCUT2D eigenvalue weighted by molar-refractivity contribution is -0.120. The molecule has 126 valence electrons. The number of anilines is 1. The Morgan fingerprint density at radius 1 is 1.30 bits per heavy atom. The molecule has 2 atom stereocenters. The summed E-state index contributed by atoms with van der Waals surface area (Å²) >= 11 is 2.07. The third-order valence-corrected chi connectivity index (χ3v) is 6.42. The molecular formula is C19H28N2OS. The summed E-state index contributed by atoms with van der Waals surface area (Å²) in [7, 11) is 0. The summed E-state index contributed by atoms with van der Waals surface area (Å²) in [6, 6.07) is 8.82. The zero-order valence-corrected chi connectivity index (χ0v) is 14.8. The van der Waals surface area contributed by atoms with E-state index in [4.69, 9.17) is 0 Å². The minimum absolute atomic E-state index is 0.141. The molecule has 1 aromatic rings. The third-order valence-electron chi connectivity index (χ3n) is 4.98. The van der Waals surface area contributed by atoms with E-state index in [0.717, 1.165) is 36.1 Å². The first-order valence-corrected chi connectivity index (χ1v) is 10.0. The average molecular weight is 333 g/mol. The van der Waals surface area contributed by atoms with E-state index in [1.54, 1.807) is 0 Å². The zero-order valence-electron chi connectivity index (χ0n) is 14.0. The molecule has 0 radical (unpaired) electrons. The normalized spacial score (nSPS) is 25.4. The van der Waals surface area contributed by atoms with E-state index in [9.17, 15) is 4.79 Å². The van der Waals surface area contributed by atoms with E-state index in [1.165, 1.54) is 31.2 Å². The van der Waals surface area contributed by atoms with E-state index in [0.29, 0.717) is 6.04 Å². The predicted octanol–water partition coefficient (Wildman–Crippen LogP) is 4.19. The van der Waals surface area contributed by atoms with Gasteiger partial charge >= 0.3 is 0 Å². The van der Waals surface area contributed by atoms with E-state index in [1.807, 2.05) is 6.07 Å². The van der Waals surface area contributed by atoms with Crippen molar-refractivity contribution in [3.63, 3.8) is 0 Å². The molecule has 0 bridgehead atoms. The fraction of sp³-hybridized carbons (Fsp3) is 0.632. The third kappa shape index (κ3) is 4.98. The topological polar surface area (TPSA) is 41.1 Å². The smallest absolute Gasteiger partial charge is 0.227 e. The number of carbonyl (C=O) groups excluding carboxylic acids is 1. The van der Waals surface area contributed by atoms with Crippen molar-refractivity contribution in [3.05, 3.63) is 29.8 Å². The van der Waals surface area contributed by atoms with Crippen LogP contribution in [0, 0.1) is 5.92 Å². The molecule has 2 aliphatic rings. The maximum absolute atomic E-state index is 12.4. The van der Waals surface area contributed by atoms with Gasteiger partial charge in [0, 0.05) is 28.6 Å². The van der Waals surface area contributed by atoms with Crippen molar-refractivity contribution in [3.8, 4) is 0 Å². The standard InChI is InChI=1S/C19H28N2OS/c1-14-11-16(9-10-20-14)19(22)21-17-6-4-5-15(12-17)13-23-18-7-2-3-8-18/h4-6,12,14,16,18,20H,2-3,7-11,13H2,1H3,(H,21,22)/t14-,16-/m0/s1. The number of benzene rings is 1. The van der Waals surface area contributed by atoms with Crippen LogP contribution < -0.4 is 10.6 Å². The summed E-state index contributed by atoms with van der Waals surface area (Å²) < 4.78 is 0. The quantitative estimate of drug-likeness (QED) is 0.849. The Kier molecular flexibility index (Phi) is 6.01. The van der Waals surface area contributed by atoms with Crippen LogP contribution in [0.3, 0.4) is 0 Å². The van der Waals surface area contributed by atoms with E-state index >= 15 is 0 Å². The molecule has 2 N–H and O–H groups in total.